The third-order valence-electron chi connectivity index (χ3n) is 5.43. The van der Waals surface area contributed by atoms with Crippen LogP contribution < -0.4 is 16.0 Å². The van der Waals surface area contributed by atoms with E-state index in [1.165, 1.54) is 0 Å². The van der Waals surface area contributed by atoms with Crippen LogP contribution >= 0.6 is 0 Å². The summed E-state index contributed by atoms with van der Waals surface area (Å²) in [6.07, 6.45) is 2.46. The van der Waals surface area contributed by atoms with Gasteiger partial charge in [-0.05, 0) is 33.1 Å². The minimum Gasteiger partial charge on any atom is -0.323 e. The second kappa shape index (κ2) is 4.20. The molecule has 0 saturated carbocycles. The van der Waals surface area contributed by atoms with Gasteiger partial charge in [-0.15, -0.1) is 0 Å². The minimum absolute atomic E-state index is 0.0380. The summed E-state index contributed by atoms with van der Waals surface area (Å²) in [6.45, 7) is 10.6. The SMILES string of the molecule is CCC1(C)CC2(NC(=O)NC2=O)C(C)C(C)(CC)N1. The Kier molecular flexibility index (Phi) is 3.16. The van der Waals surface area contributed by atoms with Crippen molar-refractivity contribution in [3.05, 3.63) is 0 Å². The Morgan fingerprint density at radius 1 is 1.21 bits per heavy atom. The van der Waals surface area contributed by atoms with Crippen LogP contribution in [0, 0.1) is 5.92 Å². The van der Waals surface area contributed by atoms with Crippen molar-refractivity contribution in [1.29, 1.82) is 0 Å². The molecule has 5 heteroatoms. The molecule has 5 nitrogen and oxygen atoms in total. The molecule has 3 N–H and O–H groups in total. The lowest BCUT2D eigenvalue weighted by molar-refractivity contribution is -0.131. The highest BCUT2D eigenvalue weighted by Gasteiger charge is 2.61. The van der Waals surface area contributed by atoms with Gasteiger partial charge in [0.05, 0.1) is 0 Å². The molecular weight excluding hydrogens is 242 g/mol. The fourth-order valence-corrected chi connectivity index (χ4v) is 3.70. The molecular formula is C14H25N3O2. The Hall–Kier alpha value is -1.10. The van der Waals surface area contributed by atoms with Gasteiger partial charge < -0.3 is 10.6 Å². The van der Waals surface area contributed by atoms with Crippen molar-refractivity contribution in [1.82, 2.24) is 16.0 Å². The van der Waals surface area contributed by atoms with Crippen molar-refractivity contribution in [2.75, 3.05) is 0 Å². The fraction of sp³-hybridized carbons (Fsp3) is 0.857. The maximum atomic E-state index is 12.4. The Morgan fingerprint density at radius 3 is 2.26 bits per heavy atom. The van der Waals surface area contributed by atoms with E-state index in [0.29, 0.717) is 6.42 Å². The molecule has 4 unspecified atom stereocenters. The number of hydrogen-bond acceptors (Lipinski definition) is 3. The molecule has 2 aliphatic rings. The van der Waals surface area contributed by atoms with Crippen molar-refractivity contribution >= 4 is 11.9 Å². The molecule has 3 amide bonds. The van der Waals surface area contributed by atoms with E-state index in [-0.39, 0.29) is 28.9 Å². The lowest BCUT2D eigenvalue weighted by atomic mass is 9.61. The molecule has 0 bridgehead atoms. The van der Waals surface area contributed by atoms with Gasteiger partial charge in [0.1, 0.15) is 5.54 Å². The van der Waals surface area contributed by atoms with Crippen molar-refractivity contribution in [3.8, 4) is 0 Å². The number of urea groups is 1. The molecule has 0 aromatic rings. The fourth-order valence-electron chi connectivity index (χ4n) is 3.70. The van der Waals surface area contributed by atoms with Gasteiger partial charge in [0.2, 0.25) is 0 Å². The van der Waals surface area contributed by atoms with Gasteiger partial charge in [0, 0.05) is 17.0 Å². The van der Waals surface area contributed by atoms with Crippen LogP contribution in [0.25, 0.3) is 0 Å². The van der Waals surface area contributed by atoms with Crippen LogP contribution in [0.4, 0.5) is 4.79 Å². The number of rotatable bonds is 2. The number of nitrogens with one attached hydrogen (secondary N) is 3. The van der Waals surface area contributed by atoms with E-state index < -0.39 is 5.54 Å². The van der Waals surface area contributed by atoms with E-state index >= 15 is 0 Å². The number of piperidine rings is 1. The summed E-state index contributed by atoms with van der Waals surface area (Å²) < 4.78 is 0. The molecule has 108 valence electrons. The highest BCUT2D eigenvalue weighted by Crippen LogP contribution is 2.44. The second-order valence-electron chi connectivity index (χ2n) is 6.59. The summed E-state index contributed by atoms with van der Waals surface area (Å²) in [7, 11) is 0. The summed E-state index contributed by atoms with van der Waals surface area (Å²) in [5.74, 6) is -0.137. The molecule has 4 atom stereocenters. The maximum Gasteiger partial charge on any atom is 0.322 e. The first-order chi connectivity index (χ1) is 8.71. The molecule has 0 aromatic heterocycles. The smallest absolute Gasteiger partial charge is 0.322 e. The first kappa shape index (κ1) is 14.3. The van der Waals surface area contributed by atoms with Gasteiger partial charge in [0.15, 0.2) is 0 Å². The van der Waals surface area contributed by atoms with Crippen LogP contribution in [-0.2, 0) is 4.79 Å². The summed E-state index contributed by atoms with van der Waals surface area (Å²) in [5.41, 5.74) is -1.10. The molecule has 2 rings (SSSR count). The lowest BCUT2D eigenvalue weighted by Crippen LogP contribution is -2.74. The average molecular weight is 267 g/mol. The molecule has 2 fully saturated rings. The normalized spacial score (nSPS) is 46.3. The summed E-state index contributed by atoms with van der Waals surface area (Å²) >= 11 is 0. The Bertz CT molecular complexity index is 425. The standard InChI is InChI=1S/C14H25N3O2/c1-6-12(4)8-14(10(18)15-11(19)16-14)9(3)13(5,7-2)17-12/h9,17H,6-8H2,1-5H3,(H2,15,16,18,19). The predicted octanol–water partition coefficient (Wildman–Crippen LogP) is 1.53. The van der Waals surface area contributed by atoms with Crippen LogP contribution in [0.2, 0.25) is 0 Å². The van der Waals surface area contributed by atoms with Gasteiger partial charge in [-0.25, -0.2) is 4.79 Å². The minimum atomic E-state index is -0.780. The zero-order valence-corrected chi connectivity index (χ0v) is 12.5. The van der Waals surface area contributed by atoms with E-state index in [9.17, 15) is 9.59 Å². The van der Waals surface area contributed by atoms with Crippen LogP contribution in [0.3, 0.4) is 0 Å². The van der Waals surface area contributed by atoms with Gasteiger partial charge in [-0.3, -0.25) is 10.1 Å². The van der Waals surface area contributed by atoms with E-state index in [0.717, 1.165) is 12.8 Å². The molecule has 1 spiro atoms. The summed E-state index contributed by atoms with van der Waals surface area (Å²) in [4.78, 5) is 24.0. The van der Waals surface area contributed by atoms with Gasteiger partial charge in [0.25, 0.3) is 5.91 Å². The van der Waals surface area contributed by atoms with Gasteiger partial charge >= 0.3 is 6.03 Å². The molecule has 0 radical (unpaired) electrons. The van der Waals surface area contributed by atoms with Crippen LogP contribution in [0.5, 0.6) is 0 Å². The molecule has 2 heterocycles. The number of hydrogen-bond donors (Lipinski definition) is 3. The van der Waals surface area contributed by atoms with E-state index in [4.69, 9.17) is 0 Å². The van der Waals surface area contributed by atoms with Crippen molar-refractivity contribution in [3.63, 3.8) is 0 Å². The molecule has 0 aromatic carbocycles. The summed E-state index contributed by atoms with van der Waals surface area (Å²) in [5, 5.41) is 9.03. The van der Waals surface area contributed by atoms with Crippen molar-refractivity contribution in [2.24, 2.45) is 5.92 Å². The molecule has 19 heavy (non-hydrogen) atoms. The number of amides is 3. The Morgan fingerprint density at radius 2 is 1.84 bits per heavy atom. The average Bonchev–Trinajstić information content (AvgIpc) is 2.62. The monoisotopic (exact) mass is 267 g/mol. The molecule has 2 aliphatic heterocycles. The second-order valence-corrected chi connectivity index (χ2v) is 6.59. The highest BCUT2D eigenvalue weighted by molar-refractivity contribution is 6.07. The first-order valence-corrected chi connectivity index (χ1v) is 7.14. The molecule has 2 saturated heterocycles. The van der Waals surface area contributed by atoms with Gasteiger partial charge in [-0.2, -0.15) is 0 Å². The molecule has 0 aliphatic carbocycles. The van der Waals surface area contributed by atoms with Crippen molar-refractivity contribution in [2.45, 2.75) is 70.5 Å². The zero-order valence-electron chi connectivity index (χ0n) is 12.5. The zero-order chi connectivity index (χ0) is 14.5. The topological polar surface area (TPSA) is 70.2 Å². The largest absolute Gasteiger partial charge is 0.323 e. The van der Waals surface area contributed by atoms with E-state index in [1.807, 2.05) is 0 Å². The van der Waals surface area contributed by atoms with Crippen molar-refractivity contribution < 1.29 is 9.59 Å². The predicted molar refractivity (Wildman–Crippen MR) is 73.7 cm³/mol. The Labute approximate surface area is 114 Å². The van der Waals surface area contributed by atoms with Crippen LogP contribution in [-0.4, -0.2) is 28.6 Å². The number of carbonyl (C=O) groups is 2. The van der Waals surface area contributed by atoms with E-state index in [1.54, 1.807) is 0 Å². The quantitative estimate of drug-likeness (QED) is 0.665. The summed E-state index contributed by atoms with van der Waals surface area (Å²) in [6, 6.07) is -0.365. The number of imide groups is 1. The van der Waals surface area contributed by atoms with Crippen LogP contribution in [0.1, 0.15) is 53.9 Å². The van der Waals surface area contributed by atoms with Crippen LogP contribution in [0.15, 0.2) is 0 Å². The third kappa shape index (κ3) is 1.95. The third-order valence-corrected chi connectivity index (χ3v) is 5.43. The lowest BCUT2D eigenvalue weighted by Gasteiger charge is -2.56. The highest BCUT2D eigenvalue weighted by atomic mass is 16.2. The maximum absolute atomic E-state index is 12.4. The Balaban J connectivity index is 2.48. The number of carbonyl (C=O) groups excluding carboxylic acids is 2. The first-order valence-electron chi connectivity index (χ1n) is 7.14. The van der Waals surface area contributed by atoms with Gasteiger partial charge in [-0.1, -0.05) is 20.8 Å². The van der Waals surface area contributed by atoms with E-state index in [2.05, 4.69) is 50.6 Å².